The summed E-state index contributed by atoms with van der Waals surface area (Å²) in [5.41, 5.74) is 7.46. The molecular weight excluding hydrogens is 300 g/mol. The first kappa shape index (κ1) is 17.5. The third-order valence-electron chi connectivity index (χ3n) is 5.00. The lowest BCUT2D eigenvalue weighted by atomic mass is 9.92. The van der Waals surface area contributed by atoms with Crippen LogP contribution in [0.25, 0.3) is 0 Å². The van der Waals surface area contributed by atoms with E-state index in [-0.39, 0.29) is 0 Å². The van der Waals surface area contributed by atoms with E-state index in [1.54, 1.807) is 11.1 Å². The fourth-order valence-electron chi connectivity index (χ4n) is 3.60. The van der Waals surface area contributed by atoms with Gasteiger partial charge in [0.1, 0.15) is 0 Å². The van der Waals surface area contributed by atoms with Gasteiger partial charge < -0.3 is 0 Å². The van der Waals surface area contributed by atoms with Crippen LogP contribution in [0, 0.1) is 6.92 Å². The predicted molar refractivity (Wildman–Crippen MR) is 108 cm³/mol. The molecule has 0 atom stereocenters. The van der Waals surface area contributed by atoms with Gasteiger partial charge in [0.15, 0.2) is 0 Å². The molecular formula is C25H28. The van der Waals surface area contributed by atoms with Crippen molar-refractivity contribution in [3.05, 3.63) is 107 Å². The van der Waals surface area contributed by atoms with Crippen LogP contribution < -0.4 is 0 Å². The summed E-state index contributed by atoms with van der Waals surface area (Å²) in [6, 6.07) is 28.5. The highest BCUT2D eigenvalue weighted by atomic mass is 14.1. The molecule has 0 aliphatic rings. The Kier molecular flexibility index (Phi) is 6.45. The van der Waals surface area contributed by atoms with Crippen LogP contribution in [0.3, 0.4) is 0 Å². The summed E-state index contributed by atoms with van der Waals surface area (Å²) in [5.74, 6) is 0. The molecule has 0 heteroatoms. The van der Waals surface area contributed by atoms with Crippen LogP contribution in [0.5, 0.6) is 0 Å². The van der Waals surface area contributed by atoms with Gasteiger partial charge in [-0.05, 0) is 73.3 Å². The van der Waals surface area contributed by atoms with Gasteiger partial charge in [-0.1, -0.05) is 78.9 Å². The Morgan fingerprint density at radius 3 is 1.68 bits per heavy atom. The van der Waals surface area contributed by atoms with Gasteiger partial charge >= 0.3 is 0 Å². The first-order valence-corrected chi connectivity index (χ1v) is 9.48. The van der Waals surface area contributed by atoms with Crippen LogP contribution in [0.4, 0.5) is 0 Å². The molecule has 0 bridgehead atoms. The van der Waals surface area contributed by atoms with E-state index in [1.165, 1.54) is 48.8 Å². The summed E-state index contributed by atoms with van der Waals surface area (Å²) in [5, 5.41) is 0. The summed E-state index contributed by atoms with van der Waals surface area (Å²) in [7, 11) is 0. The molecule has 3 aromatic rings. The summed E-state index contributed by atoms with van der Waals surface area (Å²) in [6.07, 6.45) is 7.13. The Hall–Kier alpha value is -2.34. The van der Waals surface area contributed by atoms with Gasteiger partial charge in [-0.25, -0.2) is 0 Å². The van der Waals surface area contributed by atoms with E-state index >= 15 is 0 Å². The summed E-state index contributed by atoms with van der Waals surface area (Å²) >= 11 is 0. The maximum Gasteiger partial charge on any atom is -0.0270 e. The molecule has 0 aliphatic carbocycles. The first-order chi connectivity index (χ1) is 12.3. The molecule has 0 saturated heterocycles. The zero-order valence-electron chi connectivity index (χ0n) is 15.2. The maximum atomic E-state index is 2.33. The van der Waals surface area contributed by atoms with Crippen molar-refractivity contribution in [1.29, 1.82) is 0 Å². The Morgan fingerprint density at radius 2 is 1.08 bits per heavy atom. The minimum atomic E-state index is 1.16. The number of hydrogen-bond donors (Lipinski definition) is 0. The van der Waals surface area contributed by atoms with Crippen molar-refractivity contribution in [3.63, 3.8) is 0 Å². The summed E-state index contributed by atoms with van der Waals surface area (Å²) in [4.78, 5) is 0. The third-order valence-corrected chi connectivity index (χ3v) is 5.00. The number of benzene rings is 3. The van der Waals surface area contributed by atoms with Gasteiger partial charge in [0.25, 0.3) is 0 Å². The Morgan fingerprint density at radius 1 is 0.520 bits per heavy atom. The molecule has 0 radical (unpaired) electrons. The molecule has 0 amide bonds. The fourth-order valence-corrected chi connectivity index (χ4v) is 3.60. The number of hydrogen-bond acceptors (Lipinski definition) is 0. The monoisotopic (exact) mass is 328 g/mol. The van der Waals surface area contributed by atoms with Gasteiger partial charge in [-0.15, -0.1) is 0 Å². The minimum Gasteiger partial charge on any atom is -0.0622 e. The standard InChI is InChI=1S/C25H28/c1-21-11-8-18-24(19-9-16-22-12-4-2-5-13-22)25(21)20-10-17-23-14-6-3-7-15-23/h2-8,11-15,18H,9-10,16-17,19-20H2,1H3. The normalized spacial score (nSPS) is 10.8. The van der Waals surface area contributed by atoms with E-state index < -0.39 is 0 Å². The van der Waals surface area contributed by atoms with Crippen molar-refractivity contribution < 1.29 is 0 Å². The molecule has 25 heavy (non-hydrogen) atoms. The van der Waals surface area contributed by atoms with Gasteiger partial charge in [-0.3, -0.25) is 0 Å². The highest BCUT2D eigenvalue weighted by Gasteiger charge is 2.06. The summed E-state index contributed by atoms with van der Waals surface area (Å²) in [6.45, 7) is 2.26. The number of aryl methyl sites for hydroxylation is 4. The average Bonchev–Trinajstić information content (AvgIpc) is 2.65. The molecule has 3 aromatic carbocycles. The second-order valence-corrected chi connectivity index (χ2v) is 6.89. The van der Waals surface area contributed by atoms with E-state index in [4.69, 9.17) is 0 Å². The molecule has 128 valence electrons. The molecule has 0 spiro atoms. The van der Waals surface area contributed by atoms with Gasteiger partial charge in [-0.2, -0.15) is 0 Å². The zero-order valence-corrected chi connectivity index (χ0v) is 15.2. The Balaban J connectivity index is 1.57. The Labute approximate surface area is 152 Å². The fraction of sp³-hybridized carbons (Fsp3) is 0.280. The predicted octanol–water partition coefficient (Wildman–Crippen LogP) is 6.35. The van der Waals surface area contributed by atoms with Crippen LogP contribution in [0.2, 0.25) is 0 Å². The lowest BCUT2D eigenvalue weighted by Crippen LogP contribution is -2.00. The molecule has 3 rings (SSSR count). The first-order valence-electron chi connectivity index (χ1n) is 9.48. The smallest absolute Gasteiger partial charge is 0.0270 e. The molecule has 0 heterocycles. The highest BCUT2D eigenvalue weighted by Crippen LogP contribution is 2.20. The molecule has 0 aliphatic heterocycles. The van der Waals surface area contributed by atoms with Crippen LogP contribution in [-0.2, 0) is 25.7 Å². The molecule has 0 N–H and O–H groups in total. The van der Waals surface area contributed by atoms with Crippen molar-refractivity contribution in [2.45, 2.75) is 45.4 Å². The van der Waals surface area contributed by atoms with Crippen LogP contribution in [-0.4, -0.2) is 0 Å². The lowest BCUT2D eigenvalue weighted by molar-refractivity contribution is 0.775. The van der Waals surface area contributed by atoms with E-state index in [0.29, 0.717) is 0 Å². The second-order valence-electron chi connectivity index (χ2n) is 6.89. The van der Waals surface area contributed by atoms with Gasteiger partial charge in [0.05, 0.1) is 0 Å². The van der Waals surface area contributed by atoms with Crippen molar-refractivity contribution in [1.82, 2.24) is 0 Å². The summed E-state index contributed by atoms with van der Waals surface area (Å²) < 4.78 is 0. The van der Waals surface area contributed by atoms with Crippen LogP contribution in [0.15, 0.2) is 78.9 Å². The van der Waals surface area contributed by atoms with Crippen molar-refractivity contribution in [3.8, 4) is 0 Å². The number of rotatable bonds is 8. The zero-order chi connectivity index (χ0) is 17.3. The van der Waals surface area contributed by atoms with Gasteiger partial charge in [0.2, 0.25) is 0 Å². The molecule has 0 fully saturated rings. The van der Waals surface area contributed by atoms with Crippen molar-refractivity contribution in [2.75, 3.05) is 0 Å². The van der Waals surface area contributed by atoms with Crippen molar-refractivity contribution in [2.24, 2.45) is 0 Å². The van der Waals surface area contributed by atoms with Crippen molar-refractivity contribution >= 4 is 0 Å². The molecule has 0 saturated carbocycles. The van der Waals surface area contributed by atoms with Gasteiger partial charge in [0, 0.05) is 0 Å². The Bertz CT molecular complexity index is 757. The minimum absolute atomic E-state index is 1.16. The van der Waals surface area contributed by atoms with E-state index in [2.05, 4.69) is 85.8 Å². The van der Waals surface area contributed by atoms with E-state index in [1.807, 2.05) is 0 Å². The van der Waals surface area contributed by atoms with E-state index in [9.17, 15) is 0 Å². The third kappa shape index (κ3) is 5.32. The molecule has 0 unspecified atom stereocenters. The topological polar surface area (TPSA) is 0 Å². The van der Waals surface area contributed by atoms with E-state index in [0.717, 1.165) is 6.42 Å². The molecule has 0 nitrogen and oxygen atoms in total. The highest BCUT2D eigenvalue weighted by molar-refractivity contribution is 5.35. The second kappa shape index (κ2) is 9.22. The SMILES string of the molecule is Cc1cccc(CCCc2ccccc2)c1CCCc1ccccc1. The largest absolute Gasteiger partial charge is 0.0622 e. The molecule has 0 aromatic heterocycles. The quantitative estimate of drug-likeness (QED) is 0.452. The lowest BCUT2D eigenvalue weighted by Gasteiger charge is -2.13. The van der Waals surface area contributed by atoms with Crippen LogP contribution in [0.1, 0.15) is 40.7 Å². The van der Waals surface area contributed by atoms with Crippen LogP contribution >= 0.6 is 0 Å². The maximum absolute atomic E-state index is 2.33. The average molecular weight is 328 g/mol.